The van der Waals surface area contributed by atoms with Gasteiger partial charge in [0.05, 0.1) is 19.6 Å². The van der Waals surface area contributed by atoms with E-state index < -0.39 is 5.97 Å². The molecule has 0 aromatic heterocycles. The van der Waals surface area contributed by atoms with E-state index in [0.717, 1.165) is 21.5 Å². The Morgan fingerprint density at radius 3 is 2.12 bits per heavy atom. The zero-order valence-corrected chi connectivity index (χ0v) is 18.7. The maximum atomic E-state index is 12.8. The summed E-state index contributed by atoms with van der Waals surface area (Å²) in [7, 11) is 0. The molecule has 4 aromatic carbocycles. The van der Waals surface area contributed by atoms with Gasteiger partial charge in [-0.15, -0.1) is 0 Å². The lowest BCUT2D eigenvalue weighted by atomic mass is 9.92. The first kappa shape index (κ1) is 21.9. The van der Waals surface area contributed by atoms with Crippen LogP contribution >= 0.6 is 0 Å². The number of hydrogen-bond donors (Lipinski definition) is 1. The summed E-state index contributed by atoms with van der Waals surface area (Å²) in [5, 5.41) is 14.6. The van der Waals surface area contributed by atoms with Gasteiger partial charge in [-0.1, -0.05) is 60.7 Å². The maximum Gasteiger partial charge on any atom is 0.311 e. The van der Waals surface area contributed by atoms with Crippen LogP contribution in [-0.4, -0.2) is 48.2 Å². The Kier molecular flexibility index (Phi) is 6.14. The van der Waals surface area contributed by atoms with Crippen LogP contribution in [0, 0.1) is 0 Å². The van der Waals surface area contributed by atoms with Crippen molar-refractivity contribution in [2.24, 2.45) is 0 Å². The summed E-state index contributed by atoms with van der Waals surface area (Å²) in [4.78, 5) is 26.9. The van der Waals surface area contributed by atoms with Crippen molar-refractivity contribution in [3.05, 3.63) is 72.8 Å². The van der Waals surface area contributed by atoms with Gasteiger partial charge in [-0.05, 0) is 33.7 Å². The third-order valence-corrected chi connectivity index (χ3v) is 6.18. The molecule has 0 saturated carbocycles. The van der Waals surface area contributed by atoms with Crippen molar-refractivity contribution in [1.29, 1.82) is 0 Å². The van der Waals surface area contributed by atoms with Crippen LogP contribution in [0.15, 0.2) is 72.8 Å². The van der Waals surface area contributed by atoms with Crippen LogP contribution in [0.1, 0.15) is 12.8 Å². The number of carbonyl (C=O) groups is 2. The predicted octanol–water partition coefficient (Wildman–Crippen LogP) is 4.91. The molecule has 1 amide bonds. The summed E-state index contributed by atoms with van der Waals surface area (Å²) < 4.78 is 11.1. The zero-order valence-electron chi connectivity index (χ0n) is 18.7. The molecule has 1 aliphatic heterocycles. The quantitative estimate of drug-likeness (QED) is 0.342. The van der Waals surface area contributed by atoms with Gasteiger partial charge in [-0.3, -0.25) is 9.59 Å². The Morgan fingerprint density at radius 1 is 0.794 bits per heavy atom. The van der Waals surface area contributed by atoms with Crippen LogP contribution < -0.4 is 4.74 Å². The molecular weight excluding hydrogens is 430 g/mol. The molecule has 1 heterocycles. The molecule has 172 valence electrons. The molecule has 6 heteroatoms. The van der Waals surface area contributed by atoms with Crippen LogP contribution in [-0.2, 0) is 14.3 Å². The molecule has 0 unspecified atom stereocenters. The number of carbonyl (C=O) groups excluding carboxylic acids is 2. The van der Waals surface area contributed by atoms with Crippen LogP contribution in [0.3, 0.4) is 0 Å². The minimum atomic E-state index is -0.488. The summed E-state index contributed by atoms with van der Waals surface area (Å²) in [5.74, 6) is -0.104. The highest BCUT2D eigenvalue weighted by molar-refractivity contribution is 6.10. The molecule has 34 heavy (non-hydrogen) atoms. The molecule has 1 N–H and O–H groups in total. The van der Waals surface area contributed by atoms with E-state index in [2.05, 4.69) is 0 Å². The average Bonchev–Trinajstić information content (AvgIpc) is 2.88. The summed E-state index contributed by atoms with van der Waals surface area (Å²) in [6, 6.07) is 22.7. The van der Waals surface area contributed by atoms with E-state index >= 15 is 0 Å². The molecule has 1 aliphatic rings. The number of esters is 1. The van der Waals surface area contributed by atoms with Crippen LogP contribution in [0.4, 0.5) is 0 Å². The molecule has 4 aromatic rings. The second-order valence-electron chi connectivity index (χ2n) is 8.31. The number of phenolic OH excluding ortho intramolecular Hbond substituents is 1. The fourth-order valence-corrected chi connectivity index (χ4v) is 4.47. The second kappa shape index (κ2) is 9.53. The molecule has 0 radical (unpaired) electrons. The lowest BCUT2D eigenvalue weighted by Crippen LogP contribution is -2.40. The third kappa shape index (κ3) is 4.32. The Hall–Kier alpha value is -3.90. The van der Waals surface area contributed by atoms with Crippen molar-refractivity contribution in [2.45, 2.75) is 12.8 Å². The normalized spacial score (nSPS) is 13.8. The number of fused-ring (bicyclic) bond motifs is 2. The minimum Gasteiger partial charge on any atom is -0.507 e. The van der Waals surface area contributed by atoms with Gasteiger partial charge >= 0.3 is 5.97 Å². The number of benzene rings is 4. The summed E-state index contributed by atoms with van der Waals surface area (Å²) in [6.45, 7) is 2.13. The average molecular weight is 456 g/mol. The number of rotatable bonds is 5. The summed E-state index contributed by atoms with van der Waals surface area (Å²) in [6.07, 6.45) is 0.0608. The van der Waals surface area contributed by atoms with Gasteiger partial charge in [0.15, 0.2) is 0 Å². The predicted molar refractivity (Wildman–Crippen MR) is 131 cm³/mol. The first-order valence-electron chi connectivity index (χ1n) is 11.4. The summed E-state index contributed by atoms with van der Waals surface area (Å²) in [5.41, 5.74) is 1.27. The molecule has 0 spiro atoms. The molecular formula is C28H25NO5. The highest BCUT2D eigenvalue weighted by atomic mass is 16.5. The molecule has 6 nitrogen and oxygen atoms in total. The monoisotopic (exact) mass is 455 g/mol. The van der Waals surface area contributed by atoms with Gasteiger partial charge in [0.2, 0.25) is 5.91 Å². The molecule has 0 aliphatic carbocycles. The fourth-order valence-electron chi connectivity index (χ4n) is 4.47. The van der Waals surface area contributed by atoms with Crippen molar-refractivity contribution in [3.8, 4) is 22.6 Å². The van der Waals surface area contributed by atoms with Crippen molar-refractivity contribution in [2.75, 3.05) is 26.3 Å². The molecule has 0 bridgehead atoms. The highest BCUT2D eigenvalue weighted by Gasteiger charge is 2.21. The number of hydrogen-bond acceptors (Lipinski definition) is 5. The molecule has 5 rings (SSSR count). The van der Waals surface area contributed by atoms with Crippen LogP contribution in [0.5, 0.6) is 11.5 Å². The van der Waals surface area contributed by atoms with Gasteiger partial charge in [-0.25, -0.2) is 0 Å². The molecule has 0 atom stereocenters. The zero-order chi connectivity index (χ0) is 23.5. The van der Waals surface area contributed by atoms with E-state index in [1.807, 2.05) is 60.7 Å². The SMILES string of the molecule is O=C(CCC(=O)N1CCOCC1)Oc1ccc2ccccc2c1-c1c(O)ccc2ccccc12. The standard InChI is InChI=1S/C28H25NO5/c30-23-11-9-19-5-1-3-7-21(19)27(23)28-22-8-4-2-6-20(22)10-12-24(28)34-26(32)14-13-25(31)29-15-17-33-18-16-29/h1-12,30H,13-18H2. The number of aromatic hydroxyl groups is 1. The number of phenols is 1. The number of amides is 1. The van der Waals surface area contributed by atoms with E-state index in [0.29, 0.717) is 43.2 Å². The Balaban J connectivity index is 1.50. The van der Waals surface area contributed by atoms with E-state index in [9.17, 15) is 14.7 Å². The van der Waals surface area contributed by atoms with E-state index in [4.69, 9.17) is 9.47 Å². The number of nitrogens with zero attached hydrogens (tertiary/aromatic N) is 1. The first-order valence-corrected chi connectivity index (χ1v) is 11.4. The highest BCUT2D eigenvalue weighted by Crippen LogP contribution is 2.45. The van der Waals surface area contributed by atoms with Gasteiger partial charge < -0.3 is 19.5 Å². The van der Waals surface area contributed by atoms with Crippen LogP contribution in [0.2, 0.25) is 0 Å². The lowest BCUT2D eigenvalue weighted by molar-refractivity contribution is -0.140. The van der Waals surface area contributed by atoms with Gasteiger partial charge in [-0.2, -0.15) is 0 Å². The largest absolute Gasteiger partial charge is 0.507 e. The third-order valence-electron chi connectivity index (χ3n) is 6.18. The van der Waals surface area contributed by atoms with Crippen LogP contribution in [0.25, 0.3) is 32.7 Å². The van der Waals surface area contributed by atoms with E-state index in [1.54, 1.807) is 17.0 Å². The topological polar surface area (TPSA) is 76.1 Å². The molecule has 1 saturated heterocycles. The maximum absolute atomic E-state index is 12.8. The van der Waals surface area contributed by atoms with Crippen molar-refractivity contribution in [1.82, 2.24) is 4.90 Å². The van der Waals surface area contributed by atoms with E-state index in [-0.39, 0.29) is 24.5 Å². The first-order chi connectivity index (χ1) is 16.6. The van der Waals surface area contributed by atoms with Crippen molar-refractivity contribution in [3.63, 3.8) is 0 Å². The Labute approximate surface area is 197 Å². The molecule has 1 fully saturated rings. The number of ether oxygens (including phenoxy) is 2. The van der Waals surface area contributed by atoms with Gasteiger partial charge in [0.1, 0.15) is 11.5 Å². The van der Waals surface area contributed by atoms with Gasteiger partial charge in [0, 0.05) is 30.6 Å². The van der Waals surface area contributed by atoms with Gasteiger partial charge in [0.25, 0.3) is 0 Å². The minimum absolute atomic E-state index is 0.0238. The second-order valence-corrected chi connectivity index (χ2v) is 8.31. The fraction of sp³-hybridized carbons (Fsp3) is 0.214. The van der Waals surface area contributed by atoms with Crippen molar-refractivity contribution >= 4 is 33.4 Å². The summed E-state index contributed by atoms with van der Waals surface area (Å²) >= 11 is 0. The van der Waals surface area contributed by atoms with Crippen molar-refractivity contribution < 1.29 is 24.2 Å². The smallest absolute Gasteiger partial charge is 0.311 e. The lowest BCUT2D eigenvalue weighted by Gasteiger charge is -2.26. The van der Waals surface area contributed by atoms with E-state index in [1.165, 1.54) is 0 Å². The number of morpholine rings is 1. The Morgan fingerprint density at radius 2 is 1.41 bits per heavy atom. The Bertz CT molecular complexity index is 1370.